The summed E-state index contributed by atoms with van der Waals surface area (Å²) in [5, 5.41) is 5.95. The Bertz CT molecular complexity index is 1970. The van der Waals surface area contributed by atoms with Gasteiger partial charge in [0.25, 0.3) is 5.56 Å². The summed E-state index contributed by atoms with van der Waals surface area (Å²) in [7, 11) is 0. The van der Waals surface area contributed by atoms with Crippen LogP contribution in [0.4, 0.5) is 0 Å². The van der Waals surface area contributed by atoms with Gasteiger partial charge in [0.05, 0.1) is 27.3 Å². The molecule has 204 valence electrons. The molecule has 2 aromatic heterocycles. The van der Waals surface area contributed by atoms with Crippen LogP contribution in [0.5, 0.6) is 11.5 Å². The maximum absolute atomic E-state index is 13.6. The number of rotatable bonds is 8. The van der Waals surface area contributed by atoms with Crippen LogP contribution in [-0.4, -0.2) is 22.5 Å². The van der Waals surface area contributed by atoms with Crippen molar-refractivity contribution >= 4 is 66.6 Å². The average Bonchev–Trinajstić information content (AvgIpc) is 3.40. The molecule has 0 spiro atoms. The van der Waals surface area contributed by atoms with Crippen molar-refractivity contribution in [1.82, 2.24) is 9.66 Å². The van der Waals surface area contributed by atoms with Gasteiger partial charge in [-0.3, -0.25) is 4.79 Å². The lowest BCUT2D eigenvalue weighted by atomic mass is 10.2. The predicted molar refractivity (Wildman–Crippen MR) is 173 cm³/mol. The lowest BCUT2D eigenvalue weighted by molar-refractivity contribution is 0.267. The summed E-state index contributed by atoms with van der Waals surface area (Å²) >= 11 is 5.73. The summed E-state index contributed by atoms with van der Waals surface area (Å²) in [6, 6.07) is 28.5. The molecule has 0 N–H and O–H groups in total. The number of ether oxygens (including phenoxy) is 2. The van der Waals surface area contributed by atoms with E-state index in [1.807, 2.05) is 85.8 Å². The van der Waals surface area contributed by atoms with Crippen LogP contribution in [0.15, 0.2) is 110 Å². The van der Waals surface area contributed by atoms with Gasteiger partial charge in [-0.25, -0.2) is 4.98 Å². The lowest BCUT2D eigenvalue weighted by Gasteiger charge is -2.15. The van der Waals surface area contributed by atoms with Crippen molar-refractivity contribution in [2.45, 2.75) is 13.5 Å². The first-order chi connectivity index (χ1) is 20.0. The second kappa shape index (κ2) is 11.9. The zero-order valence-corrected chi connectivity index (χ0v) is 25.6. The molecule has 6 aromatic rings. The number of benzene rings is 4. The highest BCUT2D eigenvalue weighted by molar-refractivity contribution is 14.1. The van der Waals surface area contributed by atoms with Crippen LogP contribution in [0.3, 0.4) is 0 Å². The quantitative estimate of drug-likeness (QED) is 0.118. The van der Waals surface area contributed by atoms with Crippen LogP contribution >= 0.6 is 38.5 Å². The fraction of sp³-hybridized carbons (Fsp3) is 0.0938. The summed E-state index contributed by atoms with van der Waals surface area (Å²) in [5.41, 5.74) is 2.75. The Morgan fingerprint density at radius 1 is 1.00 bits per heavy atom. The predicted octanol–water partition coefficient (Wildman–Crippen LogP) is 8.04. The molecule has 0 unspecified atom stereocenters. The zero-order chi connectivity index (χ0) is 28.3. The first-order valence-electron chi connectivity index (χ1n) is 12.9. The van der Waals surface area contributed by atoms with Gasteiger partial charge in [0.2, 0.25) is 5.82 Å². The Balaban J connectivity index is 1.41. The molecule has 0 aliphatic heterocycles. The molecule has 9 heteroatoms. The maximum Gasteiger partial charge on any atom is 0.282 e. The van der Waals surface area contributed by atoms with E-state index >= 15 is 0 Å². The van der Waals surface area contributed by atoms with E-state index in [2.05, 4.69) is 43.6 Å². The zero-order valence-electron chi connectivity index (χ0n) is 21.9. The van der Waals surface area contributed by atoms with Crippen LogP contribution < -0.4 is 15.0 Å². The molecule has 6 rings (SSSR count). The third-order valence-corrected chi connectivity index (χ3v) is 7.63. The SMILES string of the molecule is CCOc1cc(C=Nn2c(-c3cc4cc(Br)ccc4o3)nc3ccccc3c2=O)cc(I)c1OCc1ccccc1. The van der Waals surface area contributed by atoms with Crippen molar-refractivity contribution in [2.24, 2.45) is 5.10 Å². The number of halogens is 2. The van der Waals surface area contributed by atoms with Crippen molar-refractivity contribution in [3.63, 3.8) is 0 Å². The minimum atomic E-state index is -0.300. The lowest BCUT2D eigenvalue weighted by Crippen LogP contribution is -2.20. The van der Waals surface area contributed by atoms with Gasteiger partial charge in [-0.05, 0) is 89.2 Å². The molecule has 0 aliphatic rings. The van der Waals surface area contributed by atoms with E-state index in [0.717, 1.165) is 24.6 Å². The van der Waals surface area contributed by atoms with Gasteiger partial charge in [-0.1, -0.05) is 58.4 Å². The van der Waals surface area contributed by atoms with Gasteiger partial charge in [-0.15, -0.1) is 0 Å². The van der Waals surface area contributed by atoms with Crippen LogP contribution in [0.1, 0.15) is 18.1 Å². The van der Waals surface area contributed by atoms with Crippen molar-refractivity contribution in [3.8, 4) is 23.1 Å². The first kappa shape index (κ1) is 27.2. The Morgan fingerprint density at radius 2 is 1.80 bits per heavy atom. The average molecular weight is 720 g/mol. The van der Waals surface area contributed by atoms with Gasteiger partial charge in [0, 0.05) is 9.86 Å². The highest BCUT2D eigenvalue weighted by atomic mass is 127. The van der Waals surface area contributed by atoms with Crippen molar-refractivity contribution in [1.29, 1.82) is 0 Å². The van der Waals surface area contributed by atoms with Gasteiger partial charge in [-0.2, -0.15) is 9.78 Å². The third-order valence-electron chi connectivity index (χ3n) is 6.33. The molecule has 0 atom stereocenters. The summed E-state index contributed by atoms with van der Waals surface area (Å²) in [6.07, 6.45) is 1.62. The minimum absolute atomic E-state index is 0.300. The van der Waals surface area contributed by atoms with Crippen LogP contribution in [-0.2, 0) is 6.61 Å². The smallest absolute Gasteiger partial charge is 0.282 e. The number of hydrogen-bond donors (Lipinski definition) is 0. The first-order valence-corrected chi connectivity index (χ1v) is 14.8. The molecule has 0 radical (unpaired) electrons. The second-order valence-corrected chi connectivity index (χ2v) is 11.2. The molecular formula is C32H23BrIN3O4. The number of para-hydroxylation sites is 1. The normalized spacial score (nSPS) is 11.5. The Labute approximate surface area is 257 Å². The second-order valence-electron chi connectivity index (χ2n) is 9.14. The molecule has 2 heterocycles. The fourth-order valence-electron chi connectivity index (χ4n) is 4.43. The van der Waals surface area contributed by atoms with E-state index in [1.54, 1.807) is 18.3 Å². The van der Waals surface area contributed by atoms with Crippen molar-refractivity contribution < 1.29 is 13.9 Å². The highest BCUT2D eigenvalue weighted by Gasteiger charge is 2.17. The molecule has 41 heavy (non-hydrogen) atoms. The van der Waals surface area contributed by atoms with Gasteiger partial charge in [0.1, 0.15) is 12.2 Å². The molecule has 0 saturated carbocycles. The standard InChI is InChI=1S/C32H23BrIN3O4/c1-2-39-28-15-21(14-25(34)30(28)40-19-20-8-4-3-5-9-20)18-35-37-31(36-26-11-7-6-10-24(26)32(37)38)29-17-22-16-23(33)12-13-27(22)41-29/h3-18H,2,19H2,1H3. The van der Waals surface area contributed by atoms with Crippen LogP contribution in [0.2, 0.25) is 0 Å². The van der Waals surface area contributed by atoms with E-state index in [1.165, 1.54) is 4.68 Å². The van der Waals surface area contributed by atoms with Gasteiger partial charge < -0.3 is 13.9 Å². The largest absolute Gasteiger partial charge is 0.490 e. The fourth-order valence-corrected chi connectivity index (χ4v) is 5.59. The number of hydrogen-bond acceptors (Lipinski definition) is 6. The molecule has 0 bridgehead atoms. The number of furan rings is 1. The van der Waals surface area contributed by atoms with E-state index in [-0.39, 0.29) is 5.56 Å². The maximum atomic E-state index is 13.6. The van der Waals surface area contributed by atoms with E-state index in [0.29, 0.717) is 52.8 Å². The minimum Gasteiger partial charge on any atom is -0.490 e. The van der Waals surface area contributed by atoms with Crippen molar-refractivity contribution in [3.05, 3.63) is 121 Å². The Hall–Kier alpha value is -3.96. The molecule has 0 fully saturated rings. The molecule has 0 aliphatic carbocycles. The molecule has 0 saturated heterocycles. The number of fused-ring (bicyclic) bond motifs is 2. The van der Waals surface area contributed by atoms with E-state index in [9.17, 15) is 4.79 Å². The Kier molecular flexibility index (Phi) is 7.89. The van der Waals surface area contributed by atoms with Gasteiger partial charge >= 0.3 is 0 Å². The highest BCUT2D eigenvalue weighted by Crippen LogP contribution is 2.35. The number of nitrogens with zero attached hydrogens (tertiary/aromatic N) is 3. The van der Waals surface area contributed by atoms with E-state index < -0.39 is 0 Å². The summed E-state index contributed by atoms with van der Waals surface area (Å²) in [6.45, 7) is 2.81. The van der Waals surface area contributed by atoms with Gasteiger partial charge in [0.15, 0.2) is 17.3 Å². The van der Waals surface area contributed by atoms with E-state index in [4.69, 9.17) is 18.9 Å². The molecule has 0 amide bonds. The topological polar surface area (TPSA) is 78.9 Å². The Morgan fingerprint density at radius 3 is 2.63 bits per heavy atom. The monoisotopic (exact) mass is 719 g/mol. The molecular weight excluding hydrogens is 697 g/mol. The molecule has 4 aromatic carbocycles. The molecule has 7 nitrogen and oxygen atoms in total. The van der Waals surface area contributed by atoms with Crippen LogP contribution in [0.25, 0.3) is 33.5 Å². The third kappa shape index (κ3) is 5.77. The summed E-state index contributed by atoms with van der Waals surface area (Å²) in [5.74, 6) is 2.00. The summed E-state index contributed by atoms with van der Waals surface area (Å²) in [4.78, 5) is 18.4. The van der Waals surface area contributed by atoms with Crippen molar-refractivity contribution in [2.75, 3.05) is 6.61 Å². The van der Waals surface area contributed by atoms with Crippen LogP contribution in [0, 0.1) is 3.57 Å². The summed E-state index contributed by atoms with van der Waals surface area (Å²) < 4.78 is 21.2. The number of aromatic nitrogens is 2.